The highest BCUT2D eigenvalue weighted by Gasteiger charge is 2.24. The van der Waals surface area contributed by atoms with E-state index in [1.807, 2.05) is 0 Å². The number of ether oxygens (including phenoxy) is 2. The minimum absolute atomic E-state index is 0.145. The second-order valence-corrected chi connectivity index (χ2v) is 3.99. The molecule has 1 saturated heterocycles. The molecule has 92 valence electrons. The molecule has 1 unspecified atom stereocenters. The van der Waals surface area contributed by atoms with E-state index >= 15 is 0 Å². The number of rotatable bonds is 3. The van der Waals surface area contributed by atoms with Gasteiger partial charge in [-0.2, -0.15) is 4.98 Å². The van der Waals surface area contributed by atoms with Gasteiger partial charge in [0.15, 0.2) is 0 Å². The molecule has 1 amide bonds. The normalized spacial score (nSPS) is 19.1. The SMILES string of the molecule is COc1cc(Cl)nc(NC(=O)C2CCOC2)n1. The molecule has 1 atom stereocenters. The average molecular weight is 258 g/mol. The van der Waals surface area contributed by atoms with Gasteiger partial charge >= 0.3 is 0 Å². The Kier molecular flexibility index (Phi) is 3.75. The van der Waals surface area contributed by atoms with Crippen LogP contribution in [0, 0.1) is 5.92 Å². The summed E-state index contributed by atoms with van der Waals surface area (Å²) < 4.78 is 10.1. The molecular formula is C10H12ClN3O3. The van der Waals surface area contributed by atoms with Crippen molar-refractivity contribution in [1.82, 2.24) is 9.97 Å². The monoisotopic (exact) mass is 257 g/mol. The van der Waals surface area contributed by atoms with Crippen molar-refractivity contribution in [2.24, 2.45) is 5.92 Å². The lowest BCUT2D eigenvalue weighted by Gasteiger charge is -2.08. The fourth-order valence-corrected chi connectivity index (χ4v) is 1.68. The minimum atomic E-state index is -0.160. The van der Waals surface area contributed by atoms with E-state index in [2.05, 4.69) is 15.3 Å². The van der Waals surface area contributed by atoms with Gasteiger partial charge in [-0.25, -0.2) is 4.98 Å². The van der Waals surface area contributed by atoms with Gasteiger partial charge < -0.3 is 9.47 Å². The Hall–Kier alpha value is -1.40. The number of amides is 1. The first-order valence-corrected chi connectivity index (χ1v) is 5.54. The Morgan fingerprint density at radius 1 is 1.65 bits per heavy atom. The zero-order chi connectivity index (χ0) is 12.3. The highest BCUT2D eigenvalue weighted by molar-refractivity contribution is 6.29. The van der Waals surface area contributed by atoms with Crippen molar-refractivity contribution in [2.75, 3.05) is 25.6 Å². The molecule has 1 N–H and O–H groups in total. The third-order valence-electron chi connectivity index (χ3n) is 2.42. The first-order valence-electron chi connectivity index (χ1n) is 5.16. The van der Waals surface area contributed by atoms with Crippen LogP contribution >= 0.6 is 11.6 Å². The van der Waals surface area contributed by atoms with E-state index in [4.69, 9.17) is 21.1 Å². The number of carbonyl (C=O) groups is 1. The number of hydrogen-bond donors (Lipinski definition) is 1. The van der Waals surface area contributed by atoms with Gasteiger partial charge in [0.2, 0.25) is 17.7 Å². The van der Waals surface area contributed by atoms with E-state index in [0.717, 1.165) is 0 Å². The van der Waals surface area contributed by atoms with Gasteiger partial charge in [-0.3, -0.25) is 10.1 Å². The number of anilines is 1. The summed E-state index contributed by atoms with van der Waals surface area (Å²) in [6, 6.07) is 1.47. The summed E-state index contributed by atoms with van der Waals surface area (Å²) in [5.41, 5.74) is 0. The number of halogens is 1. The molecule has 17 heavy (non-hydrogen) atoms. The lowest BCUT2D eigenvalue weighted by atomic mass is 10.1. The molecule has 1 aromatic heterocycles. The predicted octanol–water partition coefficient (Wildman–Crippen LogP) is 1.11. The quantitative estimate of drug-likeness (QED) is 0.822. The van der Waals surface area contributed by atoms with Crippen LogP contribution in [0.15, 0.2) is 6.07 Å². The van der Waals surface area contributed by atoms with Gasteiger partial charge in [0.25, 0.3) is 0 Å². The molecule has 0 radical (unpaired) electrons. The number of carbonyl (C=O) groups excluding carboxylic acids is 1. The van der Waals surface area contributed by atoms with Crippen molar-refractivity contribution in [3.05, 3.63) is 11.2 Å². The van der Waals surface area contributed by atoms with Gasteiger partial charge in [0.1, 0.15) is 5.15 Å². The second kappa shape index (κ2) is 5.29. The van der Waals surface area contributed by atoms with Crippen LogP contribution in [-0.4, -0.2) is 36.2 Å². The van der Waals surface area contributed by atoms with Gasteiger partial charge in [-0.1, -0.05) is 11.6 Å². The lowest BCUT2D eigenvalue weighted by Crippen LogP contribution is -2.24. The molecule has 1 fully saturated rings. The highest BCUT2D eigenvalue weighted by atomic mass is 35.5. The summed E-state index contributed by atoms with van der Waals surface area (Å²) in [7, 11) is 1.47. The summed E-state index contributed by atoms with van der Waals surface area (Å²) in [5.74, 6) is 0.143. The van der Waals surface area contributed by atoms with E-state index < -0.39 is 0 Å². The Bertz CT molecular complexity index is 421. The van der Waals surface area contributed by atoms with E-state index in [-0.39, 0.29) is 22.9 Å². The molecule has 0 saturated carbocycles. The van der Waals surface area contributed by atoms with Crippen molar-refractivity contribution >= 4 is 23.5 Å². The molecular weight excluding hydrogens is 246 g/mol. The maximum atomic E-state index is 11.8. The van der Waals surface area contributed by atoms with E-state index in [1.54, 1.807) is 0 Å². The predicted molar refractivity (Wildman–Crippen MR) is 61.1 cm³/mol. The standard InChI is InChI=1S/C10H12ClN3O3/c1-16-8-4-7(11)12-10(13-8)14-9(15)6-2-3-17-5-6/h4,6H,2-3,5H2,1H3,(H,12,13,14,15). The Morgan fingerprint density at radius 2 is 2.47 bits per heavy atom. The van der Waals surface area contributed by atoms with E-state index in [9.17, 15) is 4.79 Å². The molecule has 2 rings (SSSR count). The van der Waals surface area contributed by atoms with Crippen LogP contribution in [0.1, 0.15) is 6.42 Å². The minimum Gasteiger partial charge on any atom is -0.481 e. The van der Waals surface area contributed by atoms with E-state index in [1.165, 1.54) is 13.2 Å². The zero-order valence-corrected chi connectivity index (χ0v) is 10.0. The number of nitrogens with zero attached hydrogens (tertiary/aromatic N) is 2. The number of aromatic nitrogens is 2. The molecule has 0 bridgehead atoms. The molecule has 7 heteroatoms. The van der Waals surface area contributed by atoms with Crippen molar-refractivity contribution in [3.63, 3.8) is 0 Å². The summed E-state index contributed by atoms with van der Waals surface area (Å²) in [4.78, 5) is 19.6. The Balaban J connectivity index is 2.06. The summed E-state index contributed by atoms with van der Waals surface area (Å²) in [5, 5.41) is 2.81. The maximum absolute atomic E-state index is 11.8. The first kappa shape index (κ1) is 12.1. The zero-order valence-electron chi connectivity index (χ0n) is 9.27. The molecule has 6 nitrogen and oxygen atoms in total. The van der Waals surface area contributed by atoms with Crippen LogP contribution in [0.4, 0.5) is 5.95 Å². The summed E-state index contributed by atoms with van der Waals surface area (Å²) >= 11 is 5.76. The van der Waals surface area contributed by atoms with Crippen molar-refractivity contribution < 1.29 is 14.3 Å². The van der Waals surface area contributed by atoms with Crippen LogP contribution in [0.5, 0.6) is 5.88 Å². The average Bonchev–Trinajstić information content (AvgIpc) is 2.81. The molecule has 0 spiro atoms. The van der Waals surface area contributed by atoms with Crippen LogP contribution < -0.4 is 10.1 Å². The Labute approximate surface area is 103 Å². The third-order valence-corrected chi connectivity index (χ3v) is 2.61. The van der Waals surface area contributed by atoms with Crippen LogP contribution in [0.2, 0.25) is 5.15 Å². The summed E-state index contributed by atoms with van der Waals surface area (Å²) in [6.45, 7) is 1.04. The molecule has 0 aromatic carbocycles. The van der Waals surface area contributed by atoms with Gasteiger partial charge in [0.05, 0.1) is 19.6 Å². The van der Waals surface area contributed by atoms with Gasteiger partial charge in [-0.05, 0) is 6.42 Å². The van der Waals surface area contributed by atoms with Gasteiger partial charge in [-0.15, -0.1) is 0 Å². The van der Waals surface area contributed by atoms with Crippen molar-refractivity contribution in [3.8, 4) is 5.88 Å². The van der Waals surface area contributed by atoms with Crippen molar-refractivity contribution in [2.45, 2.75) is 6.42 Å². The molecule has 1 aliphatic rings. The maximum Gasteiger partial charge on any atom is 0.234 e. The molecule has 1 aromatic rings. The van der Waals surface area contributed by atoms with E-state index in [0.29, 0.717) is 25.5 Å². The summed E-state index contributed by atoms with van der Waals surface area (Å²) in [6.07, 6.45) is 0.712. The first-order chi connectivity index (χ1) is 8.19. The third kappa shape index (κ3) is 3.04. The number of hydrogen-bond acceptors (Lipinski definition) is 5. The van der Waals surface area contributed by atoms with Crippen LogP contribution in [-0.2, 0) is 9.53 Å². The van der Waals surface area contributed by atoms with Crippen molar-refractivity contribution in [1.29, 1.82) is 0 Å². The van der Waals surface area contributed by atoms with Gasteiger partial charge in [0, 0.05) is 12.7 Å². The van der Waals surface area contributed by atoms with Crippen LogP contribution in [0.3, 0.4) is 0 Å². The molecule has 2 heterocycles. The van der Waals surface area contributed by atoms with Crippen LogP contribution in [0.25, 0.3) is 0 Å². The topological polar surface area (TPSA) is 73.3 Å². The largest absolute Gasteiger partial charge is 0.481 e. The number of nitrogens with one attached hydrogen (secondary N) is 1. The molecule has 1 aliphatic heterocycles. The fourth-order valence-electron chi connectivity index (χ4n) is 1.51. The second-order valence-electron chi connectivity index (χ2n) is 3.61. The fraction of sp³-hybridized carbons (Fsp3) is 0.500. The smallest absolute Gasteiger partial charge is 0.234 e. The highest BCUT2D eigenvalue weighted by Crippen LogP contribution is 2.18. The lowest BCUT2D eigenvalue weighted by molar-refractivity contribution is -0.119. The number of methoxy groups -OCH3 is 1. The molecule has 0 aliphatic carbocycles. The Morgan fingerprint density at radius 3 is 3.12 bits per heavy atom.